The van der Waals surface area contributed by atoms with Gasteiger partial charge in [-0.3, -0.25) is 4.79 Å². The second-order valence-corrected chi connectivity index (χ2v) is 4.45. The molecule has 1 aromatic rings. The number of likely N-dealkylation sites (N-methyl/N-ethyl adjacent to an activating group) is 1. The number of hydrogen-bond donors (Lipinski definition) is 2. The predicted octanol–water partition coefficient (Wildman–Crippen LogP) is 1.46. The number of carbonyl (C=O) groups is 1. The van der Waals surface area contributed by atoms with Crippen LogP contribution in [0.5, 0.6) is 5.75 Å². The van der Waals surface area contributed by atoms with Crippen molar-refractivity contribution in [2.24, 2.45) is 0 Å². The Bertz CT molecular complexity index is 442. The summed E-state index contributed by atoms with van der Waals surface area (Å²) in [6, 6.07) is 2.12. The van der Waals surface area contributed by atoms with Gasteiger partial charge in [0.2, 0.25) is 5.91 Å². The monoisotopic (exact) mass is 250 g/mol. The van der Waals surface area contributed by atoms with E-state index in [0.29, 0.717) is 13.1 Å². The molecule has 1 amide bonds. The maximum absolute atomic E-state index is 11.5. The zero-order chi connectivity index (χ0) is 13.7. The first-order valence-corrected chi connectivity index (χ1v) is 6.06. The molecular weight excluding hydrogens is 228 g/mol. The molecule has 4 heteroatoms. The quantitative estimate of drug-likeness (QED) is 0.831. The van der Waals surface area contributed by atoms with Gasteiger partial charge < -0.3 is 15.4 Å². The van der Waals surface area contributed by atoms with Crippen LogP contribution < -0.4 is 15.4 Å². The summed E-state index contributed by atoms with van der Waals surface area (Å²) < 4.78 is 5.46. The molecule has 0 saturated carbocycles. The smallest absolute Gasteiger partial charge is 0.234 e. The van der Waals surface area contributed by atoms with Crippen molar-refractivity contribution >= 4 is 5.91 Å². The van der Waals surface area contributed by atoms with E-state index < -0.39 is 0 Å². The molecule has 0 saturated heterocycles. The highest BCUT2D eigenvalue weighted by atomic mass is 16.5. The maximum atomic E-state index is 11.5. The van der Waals surface area contributed by atoms with Crippen LogP contribution in [0.3, 0.4) is 0 Å². The summed E-state index contributed by atoms with van der Waals surface area (Å²) in [4.78, 5) is 11.5. The van der Waals surface area contributed by atoms with E-state index in [1.807, 2.05) is 13.8 Å². The molecule has 0 aliphatic rings. The summed E-state index contributed by atoms with van der Waals surface area (Å²) in [5.41, 5.74) is 4.51. The lowest BCUT2D eigenvalue weighted by molar-refractivity contribution is -0.120. The molecule has 1 aromatic carbocycles. The van der Waals surface area contributed by atoms with E-state index in [4.69, 9.17) is 4.74 Å². The van der Waals surface area contributed by atoms with Gasteiger partial charge in [0.25, 0.3) is 0 Å². The summed E-state index contributed by atoms with van der Waals surface area (Å²) in [6.07, 6.45) is 0. The normalized spacial score (nSPS) is 10.3. The zero-order valence-corrected chi connectivity index (χ0v) is 11.8. The Hall–Kier alpha value is -1.55. The van der Waals surface area contributed by atoms with E-state index in [-0.39, 0.29) is 5.91 Å². The van der Waals surface area contributed by atoms with Crippen LogP contribution in [0.15, 0.2) is 6.07 Å². The highest BCUT2D eigenvalue weighted by Gasteiger charge is 2.12. The number of rotatable bonds is 5. The van der Waals surface area contributed by atoms with Crippen LogP contribution in [0, 0.1) is 20.8 Å². The van der Waals surface area contributed by atoms with Crippen LogP contribution in [0.2, 0.25) is 0 Å². The van der Waals surface area contributed by atoms with Crippen LogP contribution >= 0.6 is 0 Å². The van der Waals surface area contributed by atoms with Crippen molar-refractivity contribution in [2.45, 2.75) is 27.3 Å². The standard InChI is InChI=1S/C14H22N2O2/c1-9-6-10(2)12(14(18-5)11(9)3)7-16-13(17)8-15-4/h6,15H,7-8H2,1-5H3,(H,16,17). The van der Waals surface area contributed by atoms with Crippen molar-refractivity contribution in [3.05, 3.63) is 28.3 Å². The summed E-state index contributed by atoms with van der Waals surface area (Å²) in [6.45, 7) is 6.96. The van der Waals surface area contributed by atoms with Gasteiger partial charge in [-0.2, -0.15) is 0 Å². The fourth-order valence-electron chi connectivity index (χ4n) is 2.01. The lowest BCUT2D eigenvalue weighted by Crippen LogP contribution is -2.32. The van der Waals surface area contributed by atoms with Crippen LogP contribution in [-0.4, -0.2) is 26.6 Å². The van der Waals surface area contributed by atoms with Gasteiger partial charge in [-0.1, -0.05) is 6.07 Å². The Kier molecular flexibility index (Phi) is 5.16. The third-order valence-electron chi connectivity index (χ3n) is 3.12. The first-order valence-electron chi connectivity index (χ1n) is 6.06. The van der Waals surface area contributed by atoms with Crippen molar-refractivity contribution in [1.82, 2.24) is 10.6 Å². The van der Waals surface area contributed by atoms with Crippen LogP contribution in [0.25, 0.3) is 0 Å². The van der Waals surface area contributed by atoms with E-state index in [1.54, 1.807) is 14.2 Å². The lowest BCUT2D eigenvalue weighted by Gasteiger charge is -2.17. The minimum atomic E-state index is -0.0165. The number of nitrogens with one attached hydrogen (secondary N) is 2. The van der Waals surface area contributed by atoms with E-state index in [1.165, 1.54) is 5.56 Å². The van der Waals surface area contributed by atoms with Crippen LogP contribution in [0.1, 0.15) is 22.3 Å². The van der Waals surface area contributed by atoms with Crippen molar-refractivity contribution in [3.8, 4) is 5.75 Å². The van der Waals surface area contributed by atoms with E-state index in [9.17, 15) is 4.79 Å². The van der Waals surface area contributed by atoms with Gasteiger partial charge >= 0.3 is 0 Å². The minimum Gasteiger partial charge on any atom is -0.496 e. The zero-order valence-electron chi connectivity index (χ0n) is 11.8. The lowest BCUT2D eigenvalue weighted by atomic mass is 9.99. The molecule has 0 aromatic heterocycles. The first kappa shape index (κ1) is 14.5. The molecule has 18 heavy (non-hydrogen) atoms. The fourth-order valence-corrected chi connectivity index (χ4v) is 2.01. The molecule has 0 radical (unpaired) electrons. The van der Waals surface area contributed by atoms with Crippen molar-refractivity contribution in [2.75, 3.05) is 20.7 Å². The molecule has 100 valence electrons. The molecule has 0 bridgehead atoms. The van der Waals surface area contributed by atoms with Gasteiger partial charge in [0.15, 0.2) is 0 Å². The number of hydrogen-bond acceptors (Lipinski definition) is 3. The van der Waals surface area contributed by atoms with Gasteiger partial charge in [0, 0.05) is 12.1 Å². The second-order valence-electron chi connectivity index (χ2n) is 4.45. The summed E-state index contributed by atoms with van der Waals surface area (Å²) in [7, 11) is 3.42. The molecule has 4 nitrogen and oxygen atoms in total. The summed E-state index contributed by atoms with van der Waals surface area (Å²) in [5.74, 6) is 0.856. The Morgan fingerprint density at radius 2 is 1.94 bits per heavy atom. The molecule has 0 heterocycles. The van der Waals surface area contributed by atoms with Crippen LogP contribution in [0.4, 0.5) is 0 Å². The molecule has 0 aliphatic heterocycles. The van der Waals surface area contributed by atoms with Crippen LogP contribution in [-0.2, 0) is 11.3 Å². The summed E-state index contributed by atoms with van der Waals surface area (Å²) >= 11 is 0. The van der Waals surface area contributed by atoms with E-state index in [0.717, 1.165) is 22.4 Å². The molecule has 2 N–H and O–H groups in total. The fraction of sp³-hybridized carbons (Fsp3) is 0.500. The number of ether oxygens (including phenoxy) is 1. The Labute approximate surface area is 109 Å². The average molecular weight is 250 g/mol. The van der Waals surface area contributed by atoms with Gasteiger partial charge in [0.1, 0.15) is 5.75 Å². The van der Waals surface area contributed by atoms with Crippen molar-refractivity contribution in [3.63, 3.8) is 0 Å². The Morgan fingerprint density at radius 3 is 2.50 bits per heavy atom. The highest BCUT2D eigenvalue weighted by molar-refractivity contribution is 5.78. The third-order valence-corrected chi connectivity index (χ3v) is 3.12. The highest BCUT2D eigenvalue weighted by Crippen LogP contribution is 2.29. The molecule has 0 unspecified atom stereocenters. The predicted molar refractivity (Wildman–Crippen MR) is 73.0 cm³/mol. The van der Waals surface area contributed by atoms with E-state index >= 15 is 0 Å². The number of aryl methyl sites for hydroxylation is 2. The molecule has 0 spiro atoms. The number of amides is 1. The minimum absolute atomic E-state index is 0.0165. The number of methoxy groups -OCH3 is 1. The van der Waals surface area contributed by atoms with Crippen molar-refractivity contribution < 1.29 is 9.53 Å². The van der Waals surface area contributed by atoms with Crippen molar-refractivity contribution in [1.29, 1.82) is 0 Å². The largest absolute Gasteiger partial charge is 0.496 e. The molecule has 0 fully saturated rings. The number of benzene rings is 1. The Balaban J connectivity index is 2.94. The second kappa shape index (κ2) is 6.40. The van der Waals surface area contributed by atoms with Gasteiger partial charge in [0.05, 0.1) is 13.7 Å². The van der Waals surface area contributed by atoms with Gasteiger partial charge in [-0.05, 0) is 44.5 Å². The maximum Gasteiger partial charge on any atom is 0.234 e. The third kappa shape index (κ3) is 3.23. The first-order chi connectivity index (χ1) is 8.51. The molecule has 0 aliphatic carbocycles. The topological polar surface area (TPSA) is 50.4 Å². The van der Waals surface area contributed by atoms with Gasteiger partial charge in [-0.15, -0.1) is 0 Å². The molecule has 1 rings (SSSR count). The summed E-state index contributed by atoms with van der Waals surface area (Å²) in [5, 5.41) is 5.70. The molecule has 0 atom stereocenters. The van der Waals surface area contributed by atoms with Gasteiger partial charge in [-0.25, -0.2) is 0 Å². The average Bonchev–Trinajstić information content (AvgIpc) is 2.32. The SMILES string of the molecule is CNCC(=O)NCc1c(C)cc(C)c(C)c1OC. The Morgan fingerprint density at radius 1 is 1.28 bits per heavy atom. The molecular formula is C14H22N2O2. The van der Waals surface area contributed by atoms with E-state index in [2.05, 4.69) is 23.6 Å². The number of carbonyl (C=O) groups excluding carboxylic acids is 1.